The van der Waals surface area contributed by atoms with Crippen LogP contribution in [0.4, 0.5) is 14.9 Å². The summed E-state index contributed by atoms with van der Waals surface area (Å²) in [5, 5.41) is 7.72. The summed E-state index contributed by atoms with van der Waals surface area (Å²) in [7, 11) is 0. The molecule has 0 aliphatic rings. The minimum absolute atomic E-state index is 0.189. The van der Waals surface area contributed by atoms with E-state index < -0.39 is 6.03 Å². The van der Waals surface area contributed by atoms with Gasteiger partial charge in [-0.1, -0.05) is 12.1 Å². The third-order valence-electron chi connectivity index (χ3n) is 3.55. The lowest BCUT2D eigenvalue weighted by Crippen LogP contribution is -2.39. The fourth-order valence-corrected chi connectivity index (χ4v) is 2.33. The van der Waals surface area contributed by atoms with Crippen molar-refractivity contribution in [2.24, 2.45) is 0 Å². The van der Waals surface area contributed by atoms with Crippen molar-refractivity contribution in [2.75, 3.05) is 11.9 Å². The summed E-state index contributed by atoms with van der Waals surface area (Å²) < 4.78 is 18.2. The predicted molar refractivity (Wildman–Crippen MR) is 94.0 cm³/mol. The molecule has 0 aliphatic heterocycles. The Labute approximate surface area is 148 Å². The summed E-state index contributed by atoms with van der Waals surface area (Å²) in [5.74, 6) is -0.168. The Kier molecular flexibility index (Phi) is 5.12. The molecule has 1 aromatic heterocycles. The smallest absolute Gasteiger partial charge is 0.315 e. The van der Waals surface area contributed by atoms with E-state index in [0.29, 0.717) is 22.7 Å². The molecule has 0 saturated heterocycles. The van der Waals surface area contributed by atoms with Gasteiger partial charge in [-0.2, -0.15) is 0 Å². The highest BCUT2D eigenvalue weighted by Crippen LogP contribution is 2.19. The van der Waals surface area contributed by atoms with Crippen molar-refractivity contribution in [1.82, 2.24) is 15.6 Å². The van der Waals surface area contributed by atoms with Gasteiger partial charge in [0.25, 0.3) is 0 Å². The van der Waals surface area contributed by atoms with Gasteiger partial charge in [-0.25, -0.2) is 14.2 Å². The molecule has 26 heavy (non-hydrogen) atoms. The quantitative estimate of drug-likeness (QED) is 0.655. The van der Waals surface area contributed by atoms with Crippen LogP contribution in [0.5, 0.6) is 0 Å². The van der Waals surface area contributed by atoms with Gasteiger partial charge in [0.1, 0.15) is 11.3 Å². The number of carbonyl (C=O) groups excluding carboxylic acids is 2. The molecule has 0 saturated carbocycles. The third-order valence-corrected chi connectivity index (χ3v) is 3.55. The Balaban J connectivity index is 1.45. The molecule has 7 nitrogen and oxygen atoms in total. The standard InChI is InChI=1S/C18H17FN4O3/c1-11-22-15-8-14(6-7-16(15)26-11)23-17(24)10-21-18(25)20-9-12-2-4-13(19)5-3-12/h2-8H,9-10H2,1H3,(H,23,24)(H2,20,21,25). The number of oxazole rings is 1. The molecule has 3 amide bonds. The number of halogens is 1. The van der Waals surface area contributed by atoms with Gasteiger partial charge >= 0.3 is 6.03 Å². The second-order valence-corrected chi connectivity index (χ2v) is 5.63. The monoisotopic (exact) mass is 356 g/mol. The first-order valence-electron chi connectivity index (χ1n) is 7.93. The van der Waals surface area contributed by atoms with Gasteiger partial charge in [0.05, 0.1) is 6.54 Å². The lowest BCUT2D eigenvalue weighted by molar-refractivity contribution is -0.115. The zero-order valence-corrected chi connectivity index (χ0v) is 14.0. The molecule has 3 rings (SSSR count). The number of urea groups is 1. The molecule has 8 heteroatoms. The van der Waals surface area contributed by atoms with Crippen molar-refractivity contribution in [2.45, 2.75) is 13.5 Å². The van der Waals surface area contributed by atoms with Crippen LogP contribution in [0.1, 0.15) is 11.5 Å². The van der Waals surface area contributed by atoms with E-state index in [9.17, 15) is 14.0 Å². The van der Waals surface area contributed by atoms with Crippen LogP contribution in [0.3, 0.4) is 0 Å². The Bertz CT molecular complexity index is 937. The highest BCUT2D eigenvalue weighted by atomic mass is 19.1. The van der Waals surface area contributed by atoms with Gasteiger partial charge in [0.15, 0.2) is 11.5 Å². The zero-order valence-electron chi connectivity index (χ0n) is 14.0. The average molecular weight is 356 g/mol. The molecule has 2 aromatic carbocycles. The number of amides is 3. The maximum absolute atomic E-state index is 12.8. The van der Waals surface area contributed by atoms with E-state index in [0.717, 1.165) is 5.56 Å². The van der Waals surface area contributed by atoms with Gasteiger partial charge in [-0.05, 0) is 35.9 Å². The number of fused-ring (bicyclic) bond motifs is 1. The van der Waals surface area contributed by atoms with E-state index in [-0.39, 0.29) is 24.8 Å². The summed E-state index contributed by atoms with van der Waals surface area (Å²) in [6.07, 6.45) is 0. The van der Waals surface area contributed by atoms with Crippen molar-refractivity contribution in [1.29, 1.82) is 0 Å². The zero-order chi connectivity index (χ0) is 18.5. The first-order valence-corrected chi connectivity index (χ1v) is 7.93. The topological polar surface area (TPSA) is 96.3 Å². The predicted octanol–water partition coefficient (Wildman–Crippen LogP) is 2.71. The van der Waals surface area contributed by atoms with E-state index in [1.54, 1.807) is 37.3 Å². The number of nitrogens with one attached hydrogen (secondary N) is 3. The van der Waals surface area contributed by atoms with E-state index in [1.807, 2.05) is 0 Å². The van der Waals surface area contributed by atoms with Crippen LogP contribution < -0.4 is 16.0 Å². The van der Waals surface area contributed by atoms with Crippen molar-refractivity contribution >= 4 is 28.7 Å². The van der Waals surface area contributed by atoms with Crippen molar-refractivity contribution in [3.8, 4) is 0 Å². The van der Waals surface area contributed by atoms with E-state index in [4.69, 9.17) is 4.42 Å². The summed E-state index contributed by atoms with van der Waals surface area (Å²) >= 11 is 0. The molecule has 0 fully saturated rings. The number of benzene rings is 2. The summed E-state index contributed by atoms with van der Waals surface area (Å²) in [6, 6.07) is 10.4. The molecular weight excluding hydrogens is 339 g/mol. The summed E-state index contributed by atoms with van der Waals surface area (Å²) in [5.41, 5.74) is 2.59. The number of nitrogens with zero attached hydrogens (tertiary/aromatic N) is 1. The number of aromatic nitrogens is 1. The molecule has 0 spiro atoms. The van der Waals surface area contributed by atoms with E-state index in [2.05, 4.69) is 20.9 Å². The molecule has 134 valence electrons. The number of carbonyl (C=O) groups is 2. The van der Waals surface area contributed by atoms with Crippen molar-refractivity contribution in [3.05, 3.63) is 59.7 Å². The SMILES string of the molecule is Cc1nc2cc(NC(=O)CNC(=O)NCc3ccc(F)cc3)ccc2o1. The Hall–Kier alpha value is -3.42. The minimum Gasteiger partial charge on any atom is -0.441 e. The van der Waals surface area contributed by atoms with Gasteiger partial charge in [-0.3, -0.25) is 4.79 Å². The molecule has 0 aliphatic carbocycles. The molecule has 0 unspecified atom stereocenters. The van der Waals surface area contributed by atoms with Gasteiger partial charge < -0.3 is 20.4 Å². The Morgan fingerprint density at radius 2 is 1.88 bits per heavy atom. The maximum atomic E-state index is 12.8. The van der Waals surface area contributed by atoms with Gasteiger partial charge in [0, 0.05) is 19.2 Å². The van der Waals surface area contributed by atoms with E-state index >= 15 is 0 Å². The largest absolute Gasteiger partial charge is 0.441 e. The van der Waals surface area contributed by atoms with Crippen LogP contribution in [-0.4, -0.2) is 23.5 Å². The first-order chi connectivity index (χ1) is 12.5. The molecule has 0 atom stereocenters. The van der Waals surface area contributed by atoms with E-state index in [1.165, 1.54) is 12.1 Å². The Morgan fingerprint density at radius 3 is 2.65 bits per heavy atom. The Morgan fingerprint density at radius 1 is 1.12 bits per heavy atom. The molecule has 3 aromatic rings. The number of aryl methyl sites for hydroxylation is 1. The van der Waals surface area contributed by atoms with Crippen molar-refractivity contribution < 1.29 is 18.4 Å². The second kappa shape index (κ2) is 7.64. The van der Waals surface area contributed by atoms with Gasteiger partial charge in [-0.15, -0.1) is 0 Å². The van der Waals surface area contributed by atoms with Crippen LogP contribution in [0.15, 0.2) is 46.9 Å². The molecule has 3 N–H and O–H groups in total. The first kappa shape index (κ1) is 17.4. The highest BCUT2D eigenvalue weighted by molar-refractivity contribution is 5.95. The molecule has 1 heterocycles. The van der Waals surface area contributed by atoms with Crippen LogP contribution >= 0.6 is 0 Å². The van der Waals surface area contributed by atoms with Gasteiger partial charge in [0.2, 0.25) is 5.91 Å². The lowest BCUT2D eigenvalue weighted by Gasteiger charge is -2.08. The summed E-state index contributed by atoms with van der Waals surface area (Å²) in [6.45, 7) is 1.79. The van der Waals surface area contributed by atoms with Crippen molar-refractivity contribution in [3.63, 3.8) is 0 Å². The fourth-order valence-electron chi connectivity index (χ4n) is 2.33. The third kappa shape index (κ3) is 4.56. The average Bonchev–Trinajstić information content (AvgIpc) is 2.99. The molecule has 0 radical (unpaired) electrons. The number of hydrogen-bond acceptors (Lipinski definition) is 4. The lowest BCUT2D eigenvalue weighted by atomic mass is 10.2. The minimum atomic E-state index is -0.493. The second-order valence-electron chi connectivity index (χ2n) is 5.63. The fraction of sp³-hybridized carbons (Fsp3) is 0.167. The highest BCUT2D eigenvalue weighted by Gasteiger charge is 2.08. The normalized spacial score (nSPS) is 10.5. The van der Waals surface area contributed by atoms with Crippen LogP contribution in [-0.2, 0) is 11.3 Å². The number of anilines is 1. The number of hydrogen-bond donors (Lipinski definition) is 3. The molecule has 0 bridgehead atoms. The van der Waals surface area contributed by atoms with Crippen LogP contribution in [0.25, 0.3) is 11.1 Å². The molecular formula is C18H17FN4O3. The number of rotatable bonds is 5. The summed E-state index contributed by atoms with van der Waals surface area (Å²) in [4.78, 5) is 27.8. The maximum Gasteiger partial charge on any atom is 0.315 e. The van der Waals surface area contributed by atoms with Crippen LogP contribution in [0, 0.1) is 12.7 Å². The van der Waals surface area contributed by atoms with Crippen LogP contribution in [0.2, 0.25) is 0 Å².